The van der Waals surface area contributed by atoms with Crippen LogP contribution >= 0.6 is 11.6 Å². The maximum atomic E-state index is 5.97. The van der Waals surface area contributed by atoms with Crippen LogP contribution in [0.15, 0.2) is 12.1 Å². The van der Waals surface area contributed by atoms with E-state index in [1.165, 1.54) is 0 Å². The van der Waals surface area contributed by atoms with Gasteiger partial charge in [-0.2, -0.15) is 0 Å². The second-order valence-electron chi connectivity index (χ2n) is 3.39. The first-order valence-electron chi connectivity index (χ1n) is 4.08. The second-order valence-corrected chi connectivity index (χ2v) is 3.79. The highest BCUT2D eigenvalue weighted by molar-refractivity contribution is 6.31. The van der Waals surface area contributed by atoms with Gasteiger partial charge in [0.2, 0.25) is 0 Å². The molecule has 1 aromatic rings. The standard InChI is InChI=1S/C10H14ClN/c1-6(2)8-5-9(11)7(3)4-10(8)12/h4-6H,12H2,1-3H3. The van der Waals surface area contributed by atoms with Gasteiger partial charge in [0.15, 0.2) is 0 Å². The van der Waals surface area contributed by atoms with Crippen molar-refractivity contribution >= 4 is 17.3 Å². The van der Waals surface area contributed by atoms with Gasteiger partial charge in [0.25, 0.3) is 0 Å². The van der Waals surface area contributed by atoms with Gasteiger partial charge in [-0.3, -0.25) is 0 Å². The minimum absolute atomic E-state index is 0.433. The average Bonchev–Trinajstić information content (AvgIpc) is 1.96. The van der Waals surface area contributed by atoms with Crippen molar-refractivity contribution in [3.05, 3.63) is 28.3 Å². The lowest BCUT2D eigenvalue weighted by Gasteiger charge is -2.11. The van der Waals surface area contributed by atoms with Crippen LogP contribution in [0.2, 0.25) is 5.02 Å². The van der Waals surface area contributed by atoms with E-state index >= 15 is 0 Å². The van der Waals surface area contributed by atoms with Crippen molar-refractivity contribution < 1.29 is 0 Å². The first kappa shape index (κ1) is 9.40. The third kappa shape index (κ3) is 1.72. The molecule has 0 aliphatic heterocycles. The van der Waals surface area contributed by atoms with Gasteiger partial charge in [-0.1, -0.05) is 25.4 Å². The number of hydrogen-bond acceptors (Lipinski definition) is 1. The van der Waals surface area contributed by atoms with E-state index in [1.807, 2.05) is 19.1 Å². The number of nitrogens with two attached hydrogens (primary N) is 1. The van der Waals surface area contributed by atoms with Crippen LogP contribution in [-0.4, -0.2) is 0 Å². The van der Waals surface area contributed by atoms with Crippen LogP contribution in [0, 0.1) is 6.92 Å². The summed E-state index contributed by atoms with van der Waals surface area (Å²) in [4.78, 5) is 0. The van der Waals surface area contributed by atoms with Crippen LogP contribution in [0.3, 0.4) is 0 Å². The first-order valence-corrected chi connectivity index (χ1v) is 4.45. The molecule has 2 N–H and O–H groups in total. The number of anilines is 1. The summed E-state index contributed by atoms with van der Waals surface area (Å²) in [5.41, 5.74) is 8.84. The molecule has 1 nitrogen and oxygen atoms in total. The number of hydrogen-bond donors (Lipinski definition) is 1. The third-order valence-corrected chi connectivity index (χ3v) is 2.39. The summed E-state index contributed by atoms with van der Waals surface area (Å²) >= 11 is 5.97. The Morgan fingerprint density at radius 2 is 1.92 bits per heavy atom. The van der Waals surface area contributed by atoms with Crippen molar-refractivity contribution in [3.63, 3.8) is 0 Å². The van der Waals surface area contributed by atoms with E-state index in [9.17, 15) is 0 Å². The van der Waals surface area contributed by atoms with Crippen molar-refractivity contribution in [1.29, 1.82) is 0 Å². The molecule has 0 unspecified atom stereocenters. The predicted octanol–water partition coefficient (Wildman–Crippen LogP) is 3.35. The van der Waals surface area contributed by atoms with Gasteiger partial charge in [0.05, 0.1) is 0 Å². The molecule has 0 aliphatic rings. The van der Waals surface area contributed by atoms with Crippen LogP contribution in [0.5, 0.6) is 0 Å². The fourth-order valence-corrected chi connectivity index (χ4v) is 1.39. The van der Waals surface area contributed by atoms with Gasteiger partial charge in [0, 0.05) is 10.7 Å². The van der Waals surface area contributed by atoms with Gasteiger partial charge in [-0.05, 0) is 36.1 Å². The molecule has 66 valence electrons. The molecule has 0 radical (unpaired) electrons. The van der Waals surface area contributed by atoms with Gasteiger partial charge in [0.1, 0.15) is 0 Å². The van der Waals surface area contributed by atoms with E-state index < -0.39 is 0 Å². The van der Waals surface area contributed by atoms with Gasteiger partial charge < -0.3 is 5.73 Å². The normalized spacial score (nSPS) is 10.8. The Kier molecular flexibility index (Phi) is 2.63. The summed E-state index contributed by atoms with van der Waals surface area (Å²) in [6.45, 7) is 6.18. The fraction of sp³-hybridized carbons (Fsp3) is 0.400. The molecule has 0 heterocycles. The molecule has 0 aromatic heterocycles. The lowest BCUT2D eigenvalue weighted by Crippen LogP contribution is -1.97. The van der Waals surface area contributed by atoms with E-state index in [0.29, 0.717) is 5.92 Å². The molecule has 0 atom stereocenters. The number of rotatable bonds is 1. The summed E-state index contributed by atoms with van der Waals surface area (Å²) in [7, 11) is 0. The summed E-state index contributed by atoms with van der Waals surface area (Å²) in [5.74, 6) is 0.433. The molecule has 0 amide bonds. The number of aryl methyl sites for hydroxylation is 1. The van der Waals surface area contributed by atoms with Crippen LogP contribution < -0.4 is 5.73 Å². The van der Waals surface area contributed by atoms with Gasteiger partial charge >= 0.3 is 0 Å². The van der Waals surface area contributed by atoms with Crippen molar-refractivity contribution in [3.8, 4) is 0 Å². The van der Waals surface area contributed by atoms with Crippen molar-refractivity contribution in [1.82, 2.24) is 0 Å². The maximum absolute atomic E-state index is 5.97. The quantitative estimate of drug-likeness (QED) is 0.664. The SMILES string of the molecule is Cc1cc(N)c(C(C)C)cc1Cl. The molecule has 12 heavy (non-hydrogen) atoms. The summed E-state index contributed by atoms with van der Waals surface area (Å²) in [5, 5.41) is 0.799. The Morgan fingerprint density at radius 1 is 1.33 bits per heavy atom. The van der Waals surface area contributed by atoms with E-state index in [4.69, 9.17) is 17.3 Å². The van der Waals surface area contributed by atoms with Crippen LogP contribution in [0.1, 0.15) is 30.9 Å². The molecule has 0 fully saturated rings. The minimum atomic E-state index is 0.433. The lowest BCUT2D eigenvalue weighted by atomic mass is 10.00. The number of benzene rings is 1. The second kappa shape index (κ2) is 3.36. The molecule has 0 bridgehead atoms. The van der Waals surface area contributed by atoms with Crippen molar-refractivity contribution in [2.45, 2.75) is 26.7 Å². The molecular weight excluding hydrogens is 170 g/mol. The first-order chi connectivity index (χ1) is 5.52. The highest BCUT2D eigenvalue weighted by Gasteiger charge is 2.06. The zero-order chi connectivity index (χ0) is 9.30. The summed E-state index contributed by atoms with van der Waals surface area (Å²) in [6.07, 6.45) is 0. The Hall–Kier alpha value is -0.690. The van der Waals surface area contributed by atoms with Gasteiger partial charge in [-0.25, -0.2) is 0 Å². The van der Waals surface area contributed by atoms with Crippen LogP contribution in [0.25, 0.3) is 0 Å². The van der Waals surface area contributed by atoms with Crippen molar-refractivity contribution in [2.24, 2.45) is 0 Å². The van der Waals surface area contributed by atoms with Crippen LogP contribution in [-0.2, 0) is 0 Å². The highest BCUT2D eigenvalue weighted by Crippen LogP contribution is 2.27. The highest BCUT2D eigenvalue weighted by atomic mass is 35.5. The molecule has 1 rings (SSSR count). The molecule has 0 aliphatic carbocycles. The minimum Gasteiger partial charge on any atom is -0.398 e. The Labute approximate surface area is 78.5 Å². The topological polar surface area (TPSA) is 26.0 Å². The van der Waals surface area contributed by atoms with Gasteiger partial charge in [-0.15, -0.1) is 0 Å². The van der Waals surface area contributed by atoms with Crippen LogP contribution in [0.4, 0.5) is 5.69 Å². The molecule has 0 saturated heterocycles. The zero-order valence-corrected chi connectivity index (χ0v) is 8.44. The molecule has 0 spiro atoms. The largest absolute Gasteiger partial charge is 0.398 e. The molecule has 1 aromatic carbocycles. The smallest absolute Gasteiger partial charge is 0.0439 e. The average molecular weight is 184 g/mol. The molecule has 2 heteroatoms. The molecular formula is C10H14ClN. The van der Waals surface area contributed by atoms with E-state index in [1.54, 1.807) is 0 Å². The van der Waals surface area contributed by atoms with Crippen molar-refractivity contribution in [2.75, 3.05) is 5.73 Å². The lowest BCUT2D eigenvalue weighted by molar-refractivity contribution is 0.869. The summed E-state index contributed by atoms with van der Waals surface area (Å²) < 4.78 is 0. The number of nitrogen functional groups attached to an aromatic ring is 1. The Bertz CT molecular complexity index is 292. The van der Waals surface area contributed by atoms with E-state index in [2.05, 4.69) is 13.8 Å². The fourth-order valence-electron chi connectivity index (χ4n) is 1.22. The zero-order valence-electron chi connectivity index (χ0n) is 7.69. The monoisotopic (exact) mass is 183 g/mol. The maximum Gasteiger partial charge on any atom is 0.0439 e. The molecule has 0 saturated carbocycles. The third-order valence-electron chi connectivity index (χ3n) is 1.99. The predicted molar refractivity (Wildman–Crippen MR) is 54.7 cm³/mol. The Morgan fingerprint density at radius 3 is 2.42 bits per heavy atom. The van der Waals surface area contributed by atoms with E-state index in [-0.39, 0.29) is 0 Å². The Balaban J connectivity index is 3.23. The summed E-state index contributed by atoms with van der Waals surface area (Å²) in [6, 6.07) is 3.88. The van der Waals surface area contributed by atoms with E-state index in [0.717, 1.165) is 21.8 Å². The number of halogens is 1.